The number of hydrogen-bond acceptors (Lipinski definition) is 6. The van der Waals surface area contributed by atoms with Gasteiger partial charge in [0.1, 0.15) is 5.65 Å². The number of benzene rings is 1. The molecule has 1 aliphatic heterocycles. The van der Waals surface area contributed by atoms with E-state index in [1.54, 1.807) is 28.8 Å². The minimum Gasteiger partial charge on any atom is -0.322 e. The molecule has 44 heavy (non-hydrogen) atoms. The van der Waals surface area contributed by atoms with Crippen LogP contribution in [0.5, 0.6) is 0 Å². The van der Waals surface area contributed by atoms with E-state index in [1.807, 2.05) is 19.2 Å². The number of carbonyl (C=O) groups is 2. The lowest BCUT2D eigenvalue weighted by molar-refractivity contribution is -0.137. The summed E-state index contributed by atoms with van der Waals surface area (Å²) in [5.41, 5.74) is 2.75. The molecule has 2 amide bonds. The predicted octanol–water partition coefficient (Wildman–Crippen LogP) is 5.46. The number of anilines is 2. The zero-order chi connectivity index (χ0) is 31.0. The van der Waals surface area contributed by atoms with Crippen LogP contribution in [-0.4, -0.2) is 68.7 Å². The lowest BCUT2D eigenvalue weighted by atomic mass is 10.0. The Hall–Kier alpha value is -4.29. The summed E-state index contributed by atoms with van der Waals surface area (Å²) in [6, 6.07) is 9.05. The quantitative estimate of drug-likeness (QED) is 0.277. The number of rotatable bonds is 8. The van der Waals surface area contributed by atoms with Crippen molar-refractivity contribution in [2.75, 3.05) is 43.4 Å². The molecule has 1 aromatic carbocycles. The smallest absolute Gasteiger partial charge is 0.322 e. The van der Waals surface area contributed by atoms with Crippen LogP contribution in [0, 0.1) is 12.8 Å². The number of aryl methyl sites for hydroxylation is 1. The van der Waals surface area contributed by atoms with E-state index in [0.29, 0.717) is 34.8 Å². The maximum Gasteiger partial charge on any atom is 0.416 e. The Labute approximate surface area is 253 Å². The van der Waals surface area contributed by atoms with E-state index in [0.717, 1.165) is 63.3 Å². The fourth-order valence-electron chi connectivity index (χ4n) is 5.48. The number of amides is 2. The minimum absolute atomic E-state index is 0.0323. The van der Waals surface area contributed by atoms with E-state index in [9.17, 15) is 22.8 Å². The van der Waals surface area contributed by atoms with Crippen LogP contribution in [0.25, 0.3) is 16.8 Å². The minimum atomic E-state index is -4.55. The highest BCUT2D eigenvalue weighted by molar-refractivity contribution is 6.05. The highest BCUT2D eigenvalue weighted by atomic mass is 19.4. The number of imidazole rings is 1. The van der Waals surface area contributed by atoms with E-state index in [2.05, 4.69) is 37.3 Å². The first-order valence-electron chi connectivity index (χ1n) is 14.8. The molecular formula is C32H34F3N7O2. The SMILES string of the molecule is CCN1CCN(Cc2cc(NC(=O)c3cnc(C)c(-c4ccc5nc(NC(=O)C6CC6)cn5c4)c3)cc(C(F)(F)F)c2)CC1. The number of nitrogens with zero attached hydrogens (tertiary/aromatic N) is 5. The Morgan fingerprint density at radius 2 is 1.73 bits per heavy atom. The zero-order valence-electron chi connectivity index (χ0n) is 24.6. The highest BCUT2D eigenvalue weighted by Crippen LogP contribution is 2.33. The molecule has 0 radical (unpaired) electrons. The first-order chi connectivity index (χ1) is 21.1. The summed E-state index contributed by atoms with van der Waals surface area (Å²) in [5.74, 6) is -0.0719. The summed E-state index contributed by atoms with van der Waals surface area (Å²) in [6.45, 7) is 8.49. The number of piperazine rings is 1. The number of nitrogens with one attached hydrogen (secondary N) is 2. The maximum atomic E-state index is 13.8. The molecule has 0 atom stereocenters. The summed E-state index contributed by atoms with van der Waals surface area (Å²) in [5, 5.41) is 5.51. The first-order valence-corrected chi connectivity index (χ1v) is 14.8. The largest absolute Gasteiger partial charge is 0.416 e. The van der Waals surface area contributed by atoms with Crippen LogP contribution in [0.15, 0.2) is 55.0 Å². The number of pyridine rings is 2. The van der Waals surface area contributed by atoms with Crippen LogP contribution in [0.3, 0.4) is 0 Å². The molecule has 12 heteroatoms. The first kappa shape index (κ1) is 29.8. The average Bonchev–Trinajstić information content (AvgIpc) is 3.77. The number of alkyl halides is 3. The average molecular weight is 606 g/mol. The van der Waals surface area contributed by atoms with Gasteiger partial charge in [-0.05, 0) is 68.3 Å². The van der Waals surface area contributed by atoms with Gasteiger partial charge in [0.15, 0.2) is 5.82 Å². The normalized spacial score (nSPS) is 16.3. The molecule has 230 valence electrons. The maximum absolute atomic E-state index is 13.8. The molecule has 0 bridgehead atoms. The second-order valence-electron chi connectivity index (χ2n) is 11.5. The summed E-state index contributed by atoms with van der Waals surface area (Å²) in [6.07, 6.45) is 2.21. The number of hydrogen-bond donors (Lipinski definition) is 2. The van der Waals surface area contributed by atoms with Crippen LogP contribution >= 0.6 is 0 Å². The molecule has 4 aromatic rings. The van der Waals surface area contributed by atoms with Gasteiger partial charge in [0.05, 0.1) is 17.3 Å². The molecule has 2 N–H and O–H groups in total. The molecule has 2 aliphatic rings. The van der Waals surface area contributed by atoms with Crippen LogP contribution in [0.4, 0.5) is 24.7 Å². The van der Waals surface area contributed by atoms with Crippen LogP contribution < -0.4 is 10.6 Å². The van der Waals surface area contributed by atoms with Crippen LogP contribution in [0.1, 0.15) is 46.9 Å². The number of likely N-dealkylation sites (N-methyl/N-ethyl adjacent to an activating group) is 1. The van der Waals surface area contributed by atoms with Crippen molar-refractivity contribution in [3.63, 3.8) is 0 Å². The zero-order valence-corrected chi connectivity index (χ0v) is 24.6. The van der Waals surface area contributed by atoms with Crippen molar-refractivity contribution >= 4 is 29.0 Å². The molecule has 3 aromatic heterocycles. The Balaban J connectivity index is 1.22. The van der Waals surface area contributed by atoms with Crippen molar-refractivity contribution in [2.24, 2.45) is 5.92 Å². The van der Waals surface area contributed by atoms with Gasteiger partial charge in [0.25, 0.3) is 5.91 Å². The van der Waals surface area contributed by atoms with E-state index in [1.165, 1.54) is 6.20 Å². The third-order valence-electron chi connectivity index (χ3n) is 8.21. The van der Waals surface area contributed by atoms with E-state index in [-0.39, 0.29) is 23.1 Å². The van der Waals surface area contributed by atoms with E-state index < -0.39 is 17.6 Å². The Bertz CT molecular complexity index is 1710. The van der Waals surface area contributed by atoms with Crippen molar-refractivity contribution in [3.8, 4) is 11.1 Å². The fourth-order valence-corrected chi connectivity index (χ4v) is 5.48. The summed E-state index contributed by atoms with van der Waals surface area (Å²) in [4.78, 5) is 38.8. The van der Waals surface area contributed by atoms with Crippen LogP contribution in [-0.2, 0) is 17.5 Å². The lowest BCUT2D eigenvalue weighted by Gasteiger charge is -2.34. The molecular weight excluding hydrogens is 571 g/mol. The second-order valence-corrected chi connectivity index (χ2v) is 11.5. The van der Waals surface area contributed by atoms with Gasteiger partial charge < -0.3 is 19.9 Å². The third kappa shape index (κ3) is 6.76. The van der Waals surface area contributed by atoms with Crippen molar-refractivity contribution in [2.45, 2.75) is 39.4 Å². The van der Waals surface area contributed by atoms with Gasteiger partial charge in [0.2, 0.25) is 5.91 Å². The molecule has 6 rings (SSSR count). The van der Waals surface area contributed by atoms with Gasteiger partial charge in [0, 0.05) is 73.5 Å². The molecule has 0 spiro atoms. The van der Waals surface area contributed by atoms with Crippen molar-refractivity contribution < 1.29 is 22.8 Å². The summed E-state index contributed by atoms with van der Waals surface area (Å²) in [7, 11) is 0. The topological polar surface area (TPSA) is 94.9 Å². The molecule has 1 aliphatic carbocycles. The van der Waals surface area contributed by atoms with Crippen molar-refractivity contribution in [1.82, 2.24) is 24.2 Å². The van der Waals surface area contributed by atoms with Crippen LogP contribution in [0.2, 0.25) is 0 Å². The summed E-state index contributed by atoms with van der Waals surface area (Å²) >= 11 is 0. The van der Waals surface area contributed by atoms with E-state index >= 15 is 0 Å². The van der Waals surface area contributed by atoms with Gasteiger partial charge in [-0.1, -0.05) is 6.92 Å². The van der Waals surface area contributed by atoms with Gasteiger partial charge in [-0.15, -0.1) is 0 Å². The van der Waals surface area contributed by atoms with Gasteiger partial charge >= 0.3 is 6.18 Å². The van der Waals surface area contributed by atoms with Crippen molar-refractivity contribution in [3.05, 3.63) is 77.4 Å². The number of aromatic nitrogens is 3. The van der Waals surface area contributed by atoms with Gasteiger partial charge in [-0.2, -0.15) is 13.2 Å². The Morgan fingerprint density at radius 1 is 0.977 bits per heavy atom. The predicted molar refractivity (Wildman–Crippen MR) is 161 cm³/mol. The van der Waals surface area contributed by atoms with Crippen molar-refractivity contribution in [1.29, 1.82) is 0 Å². The third-order valence-corrected chi connectivity index (χ3v) is 8.21. The lowest BCUT2D eigenvalue weighted by Crippen LogP contribution is -2.45. The Kier molecular flexibility index (Phi) is 8.12. The fraction of sp³-hybridized carbons (Fsp3) is 0.375. The number of carbonyl (C=O) groups excluding carboxylic acids is 2. The van der Waals surface area contributed by atoms with Gasteiger partial charge in [-0.3, -0.25) is 19.5 Å². The Morgan fingerprint density at radius 3 is 2.43 bits per heavy atom. The summed E-state index contributed by atoms with van der Waals surface area (Å²) < 4.78 is 43.2. The molecule has 1 saturated heterocycles. The molecule has 4 heterocycles. The monoisotopic (exact) mass is 605 g/mol. The molecule has 2 fully saturated rings. The standard InChI is InChI=1S/C32H34F3N7O2/c1-3-40-8-10-41(11-9-40)17-21-12-25(32(33,34)35)15-26(13-21)37-31(44)24-14-27(20(2)36-16-24)23-6-7-29-38-28(19-42(29)18-23)39-30(43)22-4-5-22/h6-7,12-16,18-19,22H,3-5,8-11,17H2,1-2H3,(H,37,44)(H,39,43). The molecule has 1 saturated carbocycles. The van der Waals surface area contributed by atoms with Gasteiger partial charge in [-0.25, -0.2) is 4.98 Å². The van der Waals surface area contributed by atoms with E-state index in [4.69, 9.17) is 0 Å². The number of halogens is 3. The molecule has 0 unspecified atom stereocenters. The number of fused-ring (bicyclic) bond motifs is 1. The second kappa shape index (κ2) is 12.0. The highest BCUT2D eigenvalue weighted by Gasteiger charge is 2.32. The molecule has 9 nitrogen and oxygen atoms in total.